The minimum absolute atomic E-state index is 0.00529. The summed E-state index contributed by atoms with van der Waals surface area (Å²) >= 11 is 0. The number of methoxy groups -OCH3 is 1. The Morgan fingerprint density at radius 1 is 1.06 bits per heavy atom. The van der Waals surface area contributed by atoms with Crippen molar-refractivity contribution in [2.45, 2.75) is 44.2 Å². The van der Waals surface area contributed by atoms with E-state index in [1.165, 1.54) is 19.2 Å². The topological polar surface area (TPSA) is 100 Å². The lowest BCUT2D eigenvalue weighted by molar-refractivity contribution is -0.132. The summed E-state index contributed by atoms with van der Waals surface area (Å²) in [4.78, 5) is 28.5. The number of nitrogens with zero attached hydrogens (tertiary/aromatic N) is 1. The van der Waals surface area contributed by atoms with Crippen LogP contribution >= 0.6 is 0 Å². The van der Waals surface area contributed by atoms with Crippen LogP contribution in [0.5, 0.6) is 11.5 Å². The monoisotopic (exact) mass is 447 g/mol. The van der Waals surface area contributed by atoms with Crippen LogP contribution in [0, 0.1) is 0 Å². The molecule has 33 heavy (non-hydrogen) atoms. The Balaban J connectivity index is 1.61. The molecule has 2 heterocycles. The van der Waals surface area contributed by atoms with Crippen molar-refractivity contribution < 1.29 is 29.0 Å². The summed E-state index contributed by atoms with van der Waals surface area (Å²) in [7, 11) is 1.52. The van der Waals surface area contributed by atoms with Gasteiger partial charge >= 0.3 is 0 Å². The van der Waals surface area contributed by atoms with Gasteiger partial charge in [0.1, 0.15) is 5.75 Å². The molecule has 1 amide bonds. The number of ether oxygens (including phenoxy) is 1. The molecule has 170 valence electrons. The molecule has 7 heteroatoms. The lowest BCUT2D eigenvalue weighted by atomic mass is 9.90. The molecule has 1 atom stereocenters. The lowest BCUT2D eigenvalue weighted by Gasteiger charge is -2.36. The van der Waals surface area contributed by atoms with Crippen LogP contribution in [-0.4, -0.2) is 40.0 Å². The molecule has 1 aliphatic heterocycles. The number of carbonyl (C=O) groups is 2. The van der Waals surface area contributed by atoms with Crippen molar-refractivity contribution >= 4 is 22.7 Å². The zero-order valence-electron chi connectivity index (χ0n) is 18.3. The Morgan fingerprint density at radius 2 is 1.79 bits per heavy atom. The highest BCUT2D eigenvalue weighted by atomic mass is 16.5. The minimum atomic E-state index is -0.760. The number of hydrogen-bond donors (Lipinski definition) is 2. The molecular formula is C26H25NO6. The van der Waals surface area contributed by atoms with Gasteiger partial charge in [-0.3, -0.25) is 9.59 Å². The number of phenolic OH excluding ortho intramolecular Hbond substituents is 1. The molecule has 1 unspecified atom stereocenters. The predicted molar refractivity (Wildman–Crippen MR) is 121 cm³/mol. The van der Waals surface area contributed by atoms with Gasteiger partial charge in [0.2, 0.25) is 5.78 Å². The summed E-state index contributed by atoms with van der Waals surface area (Å²) in [5.74, 6) is -1.04. The fourth-order valence-electron chi connectivity index (χ4n) is 5.02. The van der Waals surface area contributed by atoms with Gasteiger partial charge in [-0.2, -0.15) is 0 Å². The second-order valence-corrected chi connectivity index (χ2v) is 8.58. The number of Topliss-reactive ketones (excluding diaryl/α,β-unsaturated/α-hetero) is 1. The summed E-state index contributed by atoms with van der Waals surface area (Å²) in [6.45, 7) is 0. The van der Waals surface area contributed by atoms with E-state index in [4.69, 9.17) is 9.15 Å². The van der Waals surface area contributed by atoms with Crippen LogP contribution in [0.2, 0.25) is 0 Å². The molecule has 3 aromatic rings. The van der Waals surface area contributed by atoms with E-state index < -0.39 is 23.5 Å². The van der Waals surface area contributed by atoms with Gasteiger partial charge in [-0.25, -0.2) is 0 Å². The molecular weight excluding hydrogens is 422 g/mol. The van der Waals surface area contributed by atoms with Crippen LogP contribution in [0.25, 0.3) is 11.0 Å². The maximum Gasteiger partial charge on any atom is 0.290 e. The fraction of sp³-hybridized carbons (Fsp3) is 0.308. The number of furan rings is 1. The Hall–Kier alpha value is -3.74. The normalized spacial score (nSPS) is 19.5. The highest BCUT2D eigenvalue weighted by molar-refractivity contribution is 6.16. The van der Waals surface area contributed by atoms with E-state index in [1.807, 2.05) is 0 Å². The Bertz CT molecular complexity index is 1250. The molecule has 1 saturated carbocycles. The summed E-state index contributed by atoms with van der Waals surface area (Å²) in [6, 6.07) is 12.5. The third kappa shape index (κ3) is 3.53. The summed E-state index contributed by atoms with van der Waals surface area (Å²) in [5.41, 5.74) is 1.07. The average Bonchev–Trinajstić information content (AvgIpc) is 3.39. The smallest absolute Gasteiger partial charge is 0.290 e. The number of hydrogen-bond acceptors (Lipinski definition) is 6. The molecule has 5 rings (SSSR count). The zero-order valence-corrected chi connectivity index (χ0v) is 18.3. The predicted octanol–water partition coefficient (Wildman–Crippen LogP) is 5.06. The number of aliphatic hydroxyl groups is 1. The van der Waals surface area contributed by atoms with E-state index in [0.717, 1.165) is 32.1 Å². The van der Waals surface area contributed by atoms with Crippen LogP contribution in [0.1, 0.15) is 54.3 Å². The molecule has 0 radical (unpaired) electrons. The van der Waals surface area contributed by atoms with E-state index in [0.29, 0.717) is 22.3 Å². The number of para-hydroxylation sites is 1. The number of benzene rings is 2. The third-order valence-corrected chi connectivity index (χ3v) is 6.62. The number of fused-ring (bicyclic) bond motifs is 1. The van der Waals surface area contributed by atoms with Gasteiger partial charge in [-0.15, -0.1) is 0 Å². The van der Waals surface area contributed by atoms with Crippen molar-refractivity contribution in [3.63, 3.8) is 0 Å². The van der Waals surface area contributed by atoms with Crippen LogP contribution in [0.15, 0.2) is 64.3 Å². The SMILES string of the molecule is COc1cccc2cc(C(=O)C3=C(O)C(=O)N(C4CCCCC4)C3c3ccc(O)cc3)oc12. The molecule has 0 bridgehead atoms. The number of aliphatic hydroxyl groups excluding tert-OH is 1. The second kappa shape index (κ2) is 8.31. The fourth-order valence-corrected chi connectivity index (χ4v) is 5.02. The first-order chi connectivity index (χ1) is 16.0. The van der Waals surface area contributed by atoms with Crippen LogP contribution in [-0.2, 0) is 4.79 Å². The molecule has 0 spiro atoms. The molecule has 2 aliphatic rings. The number of rotatable bonds is 5. The van der Waals surface area contributed by atoms with Gasteiger partial charge in [0.05, 0.1) is 18.7 Å². The highest BCUT2D eigenvalue weighted by Crippen LogP contribution is 2.43. The van der Waals surface area contributed by atoms with Crippen molar-refractivity contribution in [2.24, 2.45) is 0 Å². The quantitative estimate of drug-likeness (QED) is 0.531. The number of amides is 1. The molecule has 1 fully saturated rings. The summed E-state index contributed by atoms with van der Waals surface area (Å²) < 4.78 is 11.2. The van der Waals surface area contributed by atoms with Crippen LogP contribution < -0.4 is 4.74 Å². The first kappa shape index (κ1) is 21.1. The Kier molecular flexibility index (Phi) is 5.32. The molecule has 7 nitrogen and oxygen atoms in total. The van der Waals surface area contributed by atoms with Crippen LogP contribution in [0.3, 0.4) is 0 Å². The molecule has 1 aromatic heterocycles. The lowest BCUT2D eigenvalue weighted by Crippen LogP contribution is -2.41. The van der Waals surface area contributed by atoms with Gasteiger partial charge in [-0.1, -0.05) is 43.5 Å². The molecule has 2 aromatic carbocycles. The largest absolute Gasteiger partial charge is 0.508 e. The van der Waals surface area contributed by atoms with Crippen LogP contribution in [0.4, 0.5) is 0 Å². The first-order valence-corrected chi connectivity index (χ1v) is 11.2. The minimum Gasteiger partial charge on any atom is -0.508 e. The van der Waals surface area contributed by atoms with Crippen molar-refractivity contribution in [3.05, 3.63) is 71.2 Å². The molecule has 1 aliphatic carbocycles. The zero-order chi connectivity index (χ0) is 23.1. The van der Waals surface area contributed by atoms with E-state index in [9.17, 15) is 19.8 Å². The van der Waals surface area contributed by atoms with Crippen molar-refractivity contribution in [2.75, 3.05) is 7.11 Å². The number of aromatic hydroxyl groups is 1. The maximum absolute atomic E-state index is 13.7. The number of phenols is 1. The first-order valence-electron chi connectivity index (χ1n) is 11.2. The highest BCUT2D eigenvalue weighted by Gasteiger charge is 2.47. The maximum atomic E-state index is 13.7. The van der Waals surface area contributed by atoms with Gasteiger partial charge in [0, 0.05) is 11.4 Å². The van der Waals surface area contributed by atoms with E-state index >= 15 is 0 Å². The standard InChI is InChI=1S/C26H25NO6/c1-32-19-9-5-6-16-14-20(33-25(16)19)23(29)21-22(15-10-12-18(28)13-11-15)27(26(31)24(21)30)17-7-3-2-4-8-17/h5-6,9-14,17,22,28,30H,2-4,7-8H2,1H3. The van der Waals surface area contributed by atoms with Gasteiger partial charge < -0.3 is 24.3 Å². The number of carbonyl (C=O) groups excluding carboxylic acids is 2. The van der Waals surface area contributed by atoms with Crippen molar-refractivity contribution in [3.8, 4) is 11.5 Å². The van der Waals surface area contributed by atoms with E-state index in [-0.39, 0.29) is 23.1 Å². The molecule has 2 N–H and O–H groups in total. The van der Waals surface area contributed by atoms with Crippen molar-refractivity contribution in [1.82, 2.24) is 4.90 Å². The van der Waals surface area contributed by atoms with Gasteiger partial charge in [0.25, 0.3) is 5.91 Å². The van der Waals surface area contributed by atoms with Gasteiger partial charge in [-0.05, 0) is 42.7 Å². The second-order valence-electron chi connectivity index (χ2n) is 8.58. The summed E-state index contributed by atoms with van der Waals surface area (Å²) in [6.07, 6.45) is 4.72. The Labute approximate surface area is 190 Å². The van der Waals surface area contributed by atoms with Gasteiger partial charge in [0.15, 0.2) is 22.9 Å². The molecule has 0 saturated heterocycles. The average molecular weight is 447 g/mol. The Morgan fingerprint density at radius 3 is 2.48 bits per heavy atom. The van der Waals surface area contributed by atoms with Crippen molar-refractivity contribution in [1.29, 1.82) is 0 Å². The third-order valence-electron chi connectivity index (χ3n) is 6.62. The van der Waals surface area contributed by atoms with E-state index in [2.05, 4.69) is 0 Å². The van der Waals surface area contributed by atoms with E-state index in [1.54, 1.807) is 41.3 Å². The number of ketones is 1. The summed E-state index contributed by atoms with van der Waals surface area (Å²) in [5, 5.41) is 21.4.